The minimum absolute atomic E-state index is 0.543. The Morgan fingerprint density at radius 2 is 2.00 bits per heavy atom. The lowest BCUT2D eigenvalue weighted by atomic mass is 10.2. The van der Waals surface area contributed by atoms with Gasteiger partial charge in [0.2, 0.25) is 0 Å². The molecule has 94 valence electrons. The van der Waals surface area contributed by atoms with Crippen LogP contribution in [0.15, 0.2) is 41.0 Å². The lowest BCUT2D eigenvalue weighted by molar-refractivity contribution is 1.06. The first-order valence-corrected chi connectivity index (χ1v) is 6.62. The first-order chi connectivity index (χ1) is 8.61. The Morgan fingerprint density at radius 1 is 1.33 bits per heavy atom. The molecule has 2 N–H and O–H groups in total. The number of hydrogen-bond acceptors (Lipinski definition) is 3. The minimum atomic E-state index is 0.543. The van der Waals surface area contributed by atoms with E-state index in [9.17, 15) is 0 Å². The second-order valence-corrected chi connectivity index (χ2v) is 5.21. The Kier molecular flexibility index (Phi) is 4.22. The highest BCUT2D eigenvalue weighted by molar-refractivity contribution is 9.10. The number of nitrogens with two attached hydrogens (primary N) is 1. The van der Waals surface area contributed by atoms with Crippen LogP contribution in [0.3, 0.4) is 0 Å². The van der Waals surface area contributed by atoms with Gasteiger partial charge >= 0.3 is 0 Å². The summed E-state index contributed by atoms with van der Waals surface area (Å²) in [4.78, 5) is 6.26. The molecule has 0 spiro atoms. The zero-order valence-electron chi connectivity index (χ0n) is 9.90. The summed E-state index contributed by atoms with van der Waals surface area (Å²) < 4.78 is 0.864. The minimum Gasteiger partial charge on any atom is -0.328 e. The van der Waals surface area contributed by atoms with E-state index in [1.807, 2.05) is 42.3 Å². The number of benzene rings is 1. The highest BCUT2D eigenvalue weighted by atomic mass is 79.9. The number of aromatic nitrogens is 1. The molecule has 18 heavy (non-hydrogen) atoms. The predicted octanol–water partition coefficient (Wildman–Crippen LogP) is 3.72. The summed E-state index contributed by atoms with van der Waals surface area (Å²) in [7, 11) is 1.93. The molecule has 3 nitrogen and oxygen atoms in total. The van der Waals surface area contributed by atoms with E-state index >= 15 is 0 Å². The summed E-state index contributed by atoms with van der Waals surface area (Å²) >= 11 is 9.52. The fraction of sp³-hybridized carbons (Fsp3) is 0.154. The topological polar surface area (TPSA) is 42.1 Å². The predicted molar refractivity (Wildman–Crippen MR) is 79.3 cm³/mol. The van der Waals surface area contributed by atoms with E-state index in [1.165, 1.54) is 0 Å². The van der Waals surface area contributed by atoms with Gasteiger partial charge in [-0.05, 0) is 39.7 Å². The number of anilines is 2. The van der Waals surface area contributed by atoms with Gasteiger partial charge in [0.25, 0.3) is 0 Å². The number of hydrogen-bond donors (Lipinski definition) is 1. The van der Waals surface area contributed by atoms with Crippen molar-refractivity contribution in [2.45, 2.75) is 6.54 Å². The van der Waals surface area contributed by atoms with Crippen LogP contribution >= 0.6 is 27.5 Å². The van der Waals surface area contributed by atoms with Gasteiger partial charge in [-0.25, -0.2) is 4.98 Å². The smallest absolute Gasteiger partial charge is 0.151 e. The lowest BCUT2D eigenvalue weighted by Crippen LogP contribution is -2.11. The largest absolute Gasteiger partial charge is 0.328 e. The summed E-state index contributed by atoms with van der Waals surface area (Å²) in [6.45, 7) is 0.543. The molecule has 0 saturated carbocycles. The molecule has 1 aromatic carbocycles. The SMILES string of the molecule is CN(c1ccc(CN)cc1)c1ncc(Br)cc1Cl. The van der Waals surface area contributed by atoms with Crippen LogP contribution in [0.5, 0.6) is 0 Å². The zero-order chi connectivity index (χ0) is 13.1. The molecule has 1 heterocycles. The van der Waals surface area contributed by atoms with Gasteiger partial charge in [-0.15, -0.1) is 0 Å². The maximum absolute atomic E-state index is 6.18. The lowest BCUT2D eigenvalue weighted by Gasteiger charge is -2.19. The third-order valence-corrected chi connectivity index (χ3v) is 3.38. The van der Waals surface area contributed by atoms with E-state index in [4.69, 9.17) is 17.3 Å². The van der Waals surface area contributed by atoms with Crippen LogP contribution < -0.4 is 10.6 Å². The zero-order valence-corrected chi connectivity index (χ0v) is 12.2. The van der Waals surface area contributed by atoms with Gasteiger partial charge in [-0.3, -0.25) is 0 Å². The van der Waals surface area contributed by atoms with Crippen LogP contribution in [0.25, 0.3) is 0 Å². The van der Waals surface area contributed by atoms with Gasteiger partial charge in [-0.2, -0.15) is 0 Å². The Morgan fingerprint density at radius 3 is 2.56 bits per heavy atom. The van der Waals surface area contributed by atoms with Crippen molar-refractivity contribution in [3.63, 3.8) is 0 Å². The molecule has 2 aromatic rings. The van der Waals surface area contributed by atoms with E-state index in [0.29, 0.717) is 11.6 Å². The molecule has 0 aliphatic rings. The molecule has 1 aromatic heterocycles. The highest BCUT2D eigenvalue weighted by Gasteiger charge is 2.10. The number of rotatable bonds is 3. The van der Waals surface area contributed by atoms with Crippen LogP contribution in [-0.2, 0) is 6.54 Å². The summed E-state index contributed by atoms with van der Waals surface area (Å²) in [5, 5.41) is 0.606. The summed E-state index contributed by atoms with van der Waals surface area (Å²) in [6.07, 6.45) is 1.73. The van der Waals surface area contributed by atoms with Crippen LogP contribution in [0.1, 0.15) is 5.56 Å². The molecule has 0 unspecified atom stereocenters. The van der Waals surface area contributed by atoms with Crippen LogP contribution in [0, 0.1) is 0 Å². The molecular formula is C13H13BrClN3. The Bertz CT molecular complexity index is 542. The quantitative estimate of drug-likeness (QED) is 0.934. The van der Waals surface area contributed by atoms with Gasteiger partial charge in [0.1, 0.15) is 0 Å². The fourth-order valence-corrected chi connectivity index (χ4v) is 2.39. The number of halogens is 2. The van der Waals surface area contributed by atoms with Gasteiger partial charge in [0.05, 0.1) is 5.02 Å². The molecule has 0 fully saturated rings. The molecule has 2 rings (SSSR count). The summed E-state index contributed by atoms with van der Waals surface area (Å²) in [5.74, 6) is 0.723. The van der Waals surface area contributed by atoms with E-state index < -0.39 is 0 Å². The molecule has 5 heteroatoms. The molecular weight excluding hydrogens is 314 g/mol. The third-order valence-electron chi connectivity index (χ3n) is 2.67. The molecule has 0 atom stereocenters. The Labute approximate surface area is 120 Å². The van der Waals surface area contributed by atoms with E-state index in [0.717, 1.165) is 21.5 Å². The normalized spacial score (nSPS) is 10.4. The maximum atomic E-state index is 6.18. The Hall–Kier alpha value is -1.10. The summed E-state index contributed by atoms with van der Waals surface area (Å²) in [5.41, 5.74) is 7.69. The second kappa shape index (κ2) is 5.69. The fourth-order valence-electron chi connectivity index (χ4n) is 1.63. The van der Waals surface area contributed by atoms with Gasteiger partial charge in [-0.1, -0.05) is 23.7 Å². The van der Waals surface area contributed by atoms with Crippen molar-refractivity contribution in [2.24, 2.45) is 5.73 Å². The summed E-state index contributed by atoms with van der Waals surface area (Å²) in [6, 6.07) is 9.83. The average molecular weight is 327 g/mol. The van der Waals surface area contributed by atoms with E-state index in [1.54, 1.807) is 6.20 Å². The van der Waals surface area contributed by atoms with E-state index in [-0.39, 0.29) is 0 Å². The van der Waals surface area contributed by atoms with Crippen LogP contribution in [-0.4, -0.2) is 12.0 Å². The van der Waals surface area contributed by atoms with Crippen molar-refractivity contribution < 1.29 is 0 Å². The van der Waals surface area contributed by atoms with Crippen molar-refractivity contribution in [3.05, 3.63) is 51.6 Å². The molecule has 0 radical (unpaired) electrons. The van der Waals surface area contributed by atoms with Crippen molar-refractivity contribution in [2.75, 3.05) is 11.9 Å². The maximum Gasteiger partial charge on any atom is 0.151 e. The van der Waals surface area contributed by atoms with Gasteiger partial charge in [0.15, 0.2) is 5.82 Å². The molecule has 0 aliphatic carbocycles. The molecule has 0 saturated heterocycles. The molecule has 0 bridgehead atoms. The van der Waals surface area contributed by atoms with Crippen LogP contribution in [0.4, 0.5) is 11.5 Å². The van der Waals surface area contributed by atoms with Crippen molar-refractivity contribution in [1.82, 2.24) is 4.98 Å². The third kappa shape index (κ3) is 2.83. The van der Waals surface area contributed by atoms with Crippen molar-refractivity contribution >= 4 is 39.0 Å². The second-order valence-electron chi connectivity index (χ2n) is 3.89. The highest BCUT2D eigenvalue weighted by Crippen LogP contribution is 2.30. The van der Waals surface area contributed by atoms with Gasteiger partial charge < -0.3 is 10.6 Å². The first kappa shape index (κ1) is 13.3. The number of pyridine rings is 1. The Balaban J connectivity index is 2.31. The molecule has 0 aliphatic heterocycles. The van der Waals surface area contributed by atoms with Gasteiger partial charge in [0, 0.05) is 29.9 Å². The first-order valence-electron chi connectivity index (χ1n) is 5.45. The molecule has 0 amide bonds. The van der Waals surface area contributed by atoms with Crippen molar-refractivity contribution in [1.29, 1.82) is 0 Å². The van der Waals surface area contributed by atoms with Crippen LogP contribution in [0.2, 0.25) is 5.02 Å². The van der Waals surface area contributed by atoms with E-state index in [2.05, 4.69) is 20.9 Å². The monoisotopic (exact) mass is 325 g/mol. The number of nitrogens with zero attached hydrogens (tertiary/aromatic N) is 2. The average Bonchev–Trinajstić information content (AvgIpc) is 2.38. The standard InChI is InChI=1S/C13H13BrClN3/c1-18(11-4-2-9(7-16)3-5-11)13-12(15)6-10(14)8-17-13/h2-6,8H,7,16H2,1H3. The van der Waals surface area contributed by atoms with Crippen molar-refractivity contribution in [3.8, 4) is 0 Å².